The Balaban J connectivity index is 1.95. The van der Waals surface area contributed by atoms with E-state index in [4.69, 9.17) is 4.74 Å². The number of ether oxygens (including phenoxy) is 1. The Morgan fingerprint density at radius 3 is 3.00 bits per heavy atom. The van der Waals surface area contributed by atoms with Crippen LogP contribution < -0.4 is 10.1 Å². The fourth-order valence-electron chi connectivity index (χ4n) is 1.54. The third-order valence-corrected chi connectivity index (χ3v) is 2.45. The number of hydrogen-bond acceptors (Lipinski definition) is 5. The molecule has 0 aliphatic carbocycles. The molecule has 2 heterocycles. The Bertz CT molecular complexity index is 469. The predicted molar refractivity (Wildman–Crippen MR) is 64.0 cm³/mol. The summed E-state index contributed by atoms with van der Waals surface area (Å²) in [5.41, 5.74) is 0.917. The van der Waals surface area contributed by atoms with Crippen LogP contribution in [0.4, 0.5) is 5.82 Å². The average molecular weight is 233 g/mol. The molecule has 0 unspecified atom stereocenters. The molecule has 0 radical (unpaired) electrons. The molecule has 6 heteroatoms. The van der Waals surface area contributed by atoms with Gasteiger partial charge in [0.25, 0.3) is 0 Å². The maximum Gasteiger partial charge on any atom is 0.221 e. The molecule has 2 aromatic heterocycles. The molecular weight excluding hydrogens is 218 g/mol. The van der Waals surface area contributed by atoms with E-state index in [1.54, 1.807) is 19.6 Å². The van der Waals surface area contributed by atoms with Crippen molar-refractivity contribution in [2.45, 2.75) is 13.5 Å². The van der Waals surface area contributed by atoms with Crippen molar-refractivity contribution in [1.82, 2.24) is 19.5 Å². The molecule has 0 spiro atoms. The fraction of sp³-hybridized carbons (Fsp3) is 0.364. The van der Waals surface area contributed by atoms with Gasteiger partial charge in [0, 0.05) is 25.5 Å². The van der Waals surface area contributed by atoms with Crippen LogP contribution in [0.15, 0.2) is 25.0 Å². The van der Waals surface area contributed by atoms with E-state index < -0.39 is 0 Å². The van der Waals surface area contributed by atoms with Crippen LogP contribution in [0.3, 0.4) is 0 Å². The molecule has 0 saturated heterocycles. The van der Waals surface area contributed by atoms with Gasteiger partial charge in [0.15, 0.2) is 0 Å². The molecule has 0 fully saturated rings. The third kappa shape index (κ3) is 2.72. The lowest BCUT2D eigenvalue weighted by Crippen LogP contribution is -2.11. The molecule has 6 nitrogen and oxygen atoms in total. The van der Waals surface area contributed by atoms with Gasteiger partial charge in [0.2, 0.25) is 5.88 Å². The van der Waals surface area contributed by atoms with Crippen LogP contribution in [0.5, 0.6) is 5.88 Å². The highest BCUT2D eigenvalue weighted by atomic mass is 16.5. The standard InChI is InChI=1S/C11H15N5O/c1-9-10(14-7-15-11(9)17-2)13-4-6-16-5-3-12-8-16/h3,5,7-8H,4,6H2,1-2H3,(H,13,14,15). The van der Waals surface area contributed by atoms with Gasteiger partial charge in [-0.2, -0.15) is 0 Å². The van der Waals surface area contributed by atoms with Crippen molar-refractivity contribution >= 4 is 5.82 Å². The maximum absolute atomic E-state index is 5.13. The molecule has 0 amide bonds. The smallest absolute Gasteiger partial charge is 0.221 e. The molecule has 0 aliphatic heterocycles. The van der Waals surface area contributed by atoms with Crippen molar-refractivity contribution in [2.24, 2.45) is 0 Å². The van der Waals surface area contributed by atoms with Gasteiger partial charge in [-0.3, -0.25) is 0 Å². The van der Waals surface area contributed by atoms with Crippen molar-refractivity contribution in [1.29, 1.82) is 0 Å². The maximum atomic E-state index is 5.13. The summed E-state index contributed by atoms with van der Waals surface area (Å²) in [5, 5.41) is 3.25. The fourth-order valence-corrected chi connectivity index (χ4v) is 1.54. The van der Waals surface area contributed by atoms with Crippen LogP contribution in [0, 0.1) is 6.92 Å². The molecule has 2 rings (SSSR count). The second-order valence-corrected chi connectivity index (χ2v) is 3.58. The molecule has 2 aromatic rings. The topological polar surface area (TPSA) is 64.9 Å². The second kappa shape index (κ2) is 5.29. The van der Waals surface area contributed by atoms with Gasteiger partial charge in [-0.1, -0.05) is 0 Å². The van der Waals surface area contributed by atoms with Crippen LogP contribution in [-0.4, -0.2) is 33.2 Å². The lowest BCUT2D eigenvalue weighted by atomic mass is 10.3. The Labute approximate surface area is 99.7 Å². The number of anilines is 1. The monoisotopic (exact) mass is 233 g/mol. The normalized spacial score (nSPS) is 10.2. The first kappa shape index (κ1) is 11.4. The van der Waals surface area contributed by atoms with Crippen molar-refractivity contribution < 1.29 is 4.74 Å². The molecule has 0 atom stereocenters. The van der Waals surface area contributed by atoms with Crippen LogP contribution in [-0.2, 0) is 6.54 Å². The summed E-state index contributed by atoms with van der Waals surface area (Å²) in [5.74, 6) is 1.40. The average Bonchev–Trinajstić information content (AvgIpc) is 2.84. The van der Waals surface area contributed by atoms with Crippen molar-refractivity contribution in [3.05, 3.63) is 30.6 Å². The summed E-state index contributed by atoms with van der Waals surface area (Å²) in [6.45, 7) is 3.54. The number of imidazole rings is 1. The highest BCUT2D eigenvalue weighted by Crippen LogP contribution is 2.19. The summed E-state index contributed by atoms with van der Waals surface area (Å²) in [7, 11) is 1.60. The van der Waals surface area contributed by atoms with Crippen LogP contribution in [0.25, 0.3) is 0 Å². The number of methoxy groups -OCH3 is 1. The quantitative estimate of drug-likeness (QED) is 0.837. The van der Waals surface area contributed by atoms with E-state index in [0.29, 0.717) is 5.88 Å². The van der Waals surface area contributed by atoms with E-state index in [9.17, 15) is 0 Å². The molecule has 0 aliphatic rings. The number of nitrogens with one attached hydrogen (secondary N) is 1. The SMILES string of the molecule is COc1ncnc(NCCn2ccnc2)c1C. The Morgan fingerprint density at radius 1 is 1.41 bits per heavy atom. The van der Waals surface area contributed by atoms with Crippen LogP contribution in [0.2, 0.25) is 0 Å². The molecule has 0 saturated carbocycles. The molecule has 0 aromatic carbocycles. The lowest BCUT2D eigenvalue weighted by molar-refractivity contribution is 0.393. The van der Waals surface area contributed by atoms with E-state index >= 15 is 0 Å². The van der Waals surface area contributed by atoms with Gasteiger partial charge >= 0.3 is 0 Å². The summed E-state index contributed by atoms with van der Waals surface area (Å²) in [6.07, 6.45) is 6.97. The molecule has 90 valence electrons. The number of aromatic nitrogens is 4. The Kier molecular flexibility index (Phi) is 3.54. The zero-order chi connectivity index (χ0) is 12.1. The summed E-state index contributed by atoms with van der Waals surface area (Å²) in [6, 6.07) is 0. The molecular formula is C11H15N5O. The summed E-state index contributed by atoms with van der Waals surface area (Å²) >= 11 is 0. The third-order valence-electron chi connectivity index (χ3n) is 2.45. The predicted octanol–water partition coefficient (Wildman–Crippen LogP) is 1.10. The summed E-state index contributed by atoms with van der Waals surface area (Å²) < 4.78 is 7.13. The lowest BCUT2D eigenvalue weighted by Gasteiger charge is -2.10. The number of nitrogens with zero attached hydrogens (tertiary/aromatic N) is 4. The molecule has 0 bridgehead atoms. The minimum atomic E-state index is 0.602. The number of hydrogen-bond donors (Lipinski definition) is 1. The summed E-state index contributed by atoms with van der Waals surface area (Å²) in [4.78, 5) is 12.2. The van der Waals surface area contributed by atoms with E-state index in [1.807, 2.05) is 17.7 Å². The van der Waals surface area contributed by atoms with Crippen molar-refractivity contribution in [2.75, 3.05) is 19.0 Å². The minimum Gasteiger partial charge on any atom is -0.481 e. The Morgan fingerprint density at radius 2 is 2.29 bits per heavy atom. The van der Waals surface area contributed by atoms with E-state index in [-0.39, 0.29) is 0 Å². The second-order valence-electron chi connectivity index (χ2n) is 3.58. The zero-order valence-electron chi connectivity index (χ0n) is 9.92. The highest BCUT2D eigenvalue weighted by molar-refractivity contribution is 5.47. The van der Waals surface area contributed by atoms with Crippen molar-refractivity contribution in [3.63, 3.8) is 0 Å². The first-order valence-corrected chi connectivity index (χ1v) is 5.36. The van der Waals surface area contributed by atoms with E-state index in [2.05, 4.69) is 20.3 Å². The van der Waals surface area contributed by atoms with Gasteiger partial charge in [0.05, 0.1) is 19.0 Å². The van der Waals surface area contributed by atoms with Gasteiger partial charge in [0.1, 0.15) is 12.1 Å². The van der Waals surface area contributed by atoms with Gasteiger partial charge in [-0.05, 0) is 6.92 Å². The molecule has 1 N–H and O–H groups in total. The number of rotatable bonds is 5. The van der Waals surface area contributed by atoms with Gasteiger partial charge < -0.3 is 14.6 Å². The van der Waals surface area contributed by atoms with Gasteiger partial charge in [-0.15, -0.1) is 0 Å². The van der Waals surface area contributed by atoms with E-state index in [1.165, 1.54) is 6.33 Å². The largest absolute Gasteiger partial charge is 0.481 e. The van der Waals surface area contributed by atoms with Crippen molar-refractivity contribution in [3.8, 4) is 5.88 Å². The first-order chi connectivity index (χ1) is 8.31. The van der Waals surface area contributed by atoms with Crippen LogP contribution in [0.1, 0.15) is 5.56 Å². The highest BCUT2D eigenvalue weighted by Gasteiger charge is 2.05. The zero-order valence-corrected chi connectivity index (χ0v) is 9.92. The first-order valence-electron chi connectivity index (χ1n) is 5.36. The molecule has 17 heavy (non-hydrogen) atoms. The minimum absolute atomic E-state index is 0.602. The Hall–Kier alpha value is -2.11. The van der Waals surface area contributed by atoms with E-state index in [0.717, 1.165) is 24.5 Å². The van der Waals surface area contributed by atoms with Gasteiger partial charge in [-0.25, -0.2) is 15.0 Å². The van der Waals surface area contributed by atoms with Crippen LogP contribution >= 0.6 is 0 Å².